The number of amides is 1. The van der Waals surface area contributed by atoms with Crippen molar-refractivity contribution in [2.45, 2.75) is 58.3 Å². The Kier molecular flexibility index (Phi) is 3.28. The number of hydrogen-bond donors (Lipinski definition) is 1. The van der Waals surface area contributed by atoms with E-state index in [-0.39, 0.29) is 17.2 Å². The van der Waals surface area contributed by atoms with Gasteiger partial charge in [0, 0.05) is 17.7 Å². The molecule has 0 saturated heterocycles. The number of aromatic nitrogens is 1. The molecule has 6 rings (SSSR count). The van der Waals surface area contributed by atoms with Crippen molar-refractivity contribution >= 4 is 22.7 Å². The van der Waals surface area contributed by atoms with Crippen LogP contribution in [0.2, 0.25) is 0 Å². The number of nitrogens with one attached hydrogen (secondary N) is 1. The van der Waals surface area contributed by atoms with Gasteiger partial charge in [-0.05, 0) is 68.4 Å². The lowest BCUT2D eigenvalue weighted by atomic mass is 9.49. The van der Waals surface area contributed by atoms with E-state index in [2.05, 4.69) is 24.1 Å². The van der Waals surface area contributed by atoms with Crippen molar-refractivity contribution in [2.24, 2.45) is 23.2 Å². The van der Waals surface area contributed by atoms with Crippen LogP contribution in [0.15, 0.2) is 22.6 Å². The highest BCUT2D eigenvalue weighted by Gasteiger charge is 2.54. The van der Waals surface area contributed by atoms with Gasteiger partial charge in [0.25, 0.3) is 0 Å². The molecule has 4 bridgehead atoms. The molecule has 1 aromatic carbocycles. The maximum atomic E-state index is 13.2. The highest BCUT2D eigenvalue weighted by atomic mass is 16.3. The van der Waals surface area contributed by atoms with Gasteiger partial charge in [0.1, 0.15) is 5.52 Å². The first-order valence-electron chi connectivity index (χ1n) is 9.73. The lowest BCUT2D eigenvalue weighted by Gasteiger charge is -2.55. The summed E-state index contributed by atoms with van der Waals surface area (Å²) in [4.78, 5) is 17.7. The minimum absolute atomic E-state index is 0.117. The number of oxazole rings is 1. The Labute approximate surface area is 148 Å². The molecule has 0 unspecified atom stereocenters. The smallest absolute Gasteiger partial charge is 0.230 e. The molecule has 1 heterocycles. The Balaban J connectivity index is 1.39. The van der Waals surface area contributed by atoms with Crippen LogP contribution in [-0.2, 0) is 4.79 Å². The fourth-order valence-corrected chi connectivity index (χ4v) is 5.92. The average Bonchev–Trinajstić information content (AvgIpc) is 2.97. The van der Waals surface area contributed by atoms with Crippen LogP contribution >= 0.6 is 0 Å². The van der Waals surface area contributed by atoms with Crippen molar-refractivity contribution in [3.8, 4) is 0 Å². The maximum absolute atomic E-state index is 13.2. The third kappa shape index (κ3) is 2.49. The molecule has 4 aliphatic carbocycles. The predicted octanol–water partition coefficient (Wildman–Crippen LogP) is 5.11. The first-order valence-corrected chi connectivity index (χ1v) is 9.73. The Bertz CT molecular complexity index is 800. The number of anilines is 1. The van der Waals surface area contributed by atoms with Gasteiger partial charge in [-0.25, -0.2) is 4.98 Å². The topological polar surface area (TPSA) is 55.1 Å². The zero-order valence-corrected chi connectivity index (χ0v) is 15.0. The van der Waals surface area contributed by atoms with Gasteiger partial charge < -0.3 is 9.73 Å². The summed E-state index contributed by atoms with van der Waals surface area (Å²) in [6.45, 7) is 4.14. The molecule has 132 valence electrons. The number of benzene rings is 1. The molecular weight excluding hydrogens is 312 g/mol. The third-order valence-electron chi connectivity index (χ3n) is 6.68. The van der Waals surface area contributed by atoms with Crippen molar-refractivity contribution in [1.82, 2.24) is 4.98 Å². The summed E-state index contributed by atoms with van der Waals surface area (Å²) < 4.78 is 5.84. The van der Waals surface area contributed by atoms with Gasteiger partial charge >= 0.3 is 0 Å². The highest BCUT2D eigenvalue weighted by Crippen LogP contribution is 2.60. The van der Waals surface area contributed by atoms with Crippen LogP contribution in [0.1, 0.15) is 64.2 Å². The Morgan fingerprint density at radius 3 is 2.40 bits per heavy atom. The number of rotatable bonds is 3. The van der Waals surface area contributed by atoms with E-state index < -0.39 is 0 Å². The number of fused-ring (bicyclic) bond motifs is 1. The van der Waals surface area contributed by atoms with Gasteiger partial charge in [-0.3, -0.25) is 4.79 Å². The quantitative estimate of drug-likeness (QED) is 0.846. The Morgan fingerprint density at radius 1 is 1.16 bits per heavy atom. The molecule has 4 fully saturated rings. The minimum Gasteiger partial charge on any atom is -0.440 e. The van der Waals surface area contributed by atoms with E-state index in [0.717, 1.165) is 59.7 Å². The third-order valence-corrected chi connectivity index (χ3v) is 6.68. The van der Waals surface area contributed by atoms with E-state index in [0.29, 0.717) is 0 Å². The maximum Gasteiger partial charge on any atom is 0.230 e. The molecule has 0 atom stereocenters. The second-order valence-corrected chi connectivity index (χ2v) is 9.04. The van der Waals surface area contributed by atoms with E-state index in [1.807, 2.05) is 18.2 Å². The van der Waals surface area contributed by atoms with E-state index in [4.69, 9.17) is 4.42 Å². The van der Waals surface area contributed by atoms with Crippen LogP contribution in [0, 0.1) is 23.2 Å². The fourth-order valence-electron chi connectivity index (χ4n) is 5.92. The van der Waals surface area contributed by atoms with Crippen LogP contribution in [0.3, 0.4) is 0 Å². The largest absolute Gasteiger partial charge is 0.440 e. The molecule has 0 spiro atoms. The van der Waals surface area contributed by atoms with E-state index in [1.54, 1.807) is 0 Å². The van der Waals surface area contributed by atoms with Gasteiger partial charge in [-0.1, -0.05) is 13.8 Å². The van der Waals surface area contributed by atoms with E-state index >= 15 is 0 Å². The van der Waals surface area contributed by atoms with Crippen molar-refractivity contribution in [1.29, 1.82) is 0 Å². The molecule has 4 nitrogen and oxygen atoms in total. The van der Waals surface area contributed by atoms with Crippen molar-refractivity contribution in [3.63, 3.8) is 0 Å². The first kappa shape index (κ1) is 15.4. The summed E-state index contributed by atoms with van der Waals surface area (Å²) in [7, 11) is 0. The van der Waals surface area contributed by atoms with Gasteiger partial charge in [0.2, 0.25) is 5.91 Å². The van der Waals surface area contributed by atoms with Crippen LogP contribution in [0.4, 0.5) is 5.69 Å². The van der Waals surface area contributed by atoms with Gasteiger partial charge in [0.05, 0.1) is 5.41 Å². The number of nitrogens with zero attached hydrogens (tertiary/aromatic N) is 1. The molecule has 0 aliphatic heterocycles. The summed E-state index contributed by atoms with van der Waals surface area (Å²) in [5, 5.41) is 3.20. The highest BCUT2D eigenvalue weighted by molar-refractivity contribution is 5.97. The van der Waals surface area contributed by atoms with Crippen molar-refractivity contribution in [3.05, 3.63) is 24.1 Å². The second-order valence-electron chi connectivity index (χ2n) is 9.04. The lowest BCUT2D eigenvalue weighted by Crippen LogP contribution is -2.51. The molecule has 25 heavy (non-hydrogen) atoms. The first-order chi connectivity index (χ1) is 12.0. The monoisotopic (exact) mass is 338 g/mol. The Hall–Kier alpha value is -1.84. The molecule has 1 N–H and O–H groups in total. The molecule has 4 aliphatic rings. The van der Waals surface area contributed by atoms with Crippen molar-refractivity contribution < 1.29 is 9.21 Å². The minimum atomic E-state index is -0.117. The molecule has 1 amide bonds. The SMILES string of the molecule is CC(C)c1nc2ccc(NC(=O)C34CC5CC(CC(C5)C3)C4)cc2o1. The molecule has 2 aromatic rings. The zero-order valence-electron chi connectivity index (χ0n) is 15.0. The summed E-state index contributed by atoms with van der Waals surface area (Å²) in [6, 6.07) is 5.82. The zero-order chi connectivity index (χ0) is 17.2. The standard InChI is InChI=1S/C21H26N2O2/c1-12(2)19-23-17-4-3-16(8-18(17)25-19)22-20(24)21-9-13-5-14(10-21)7-15(6-13)11-21/h3-4,8,12-15H,5-7,9-11H2,1-2H3,(H,22,24). The van der Waals surface area contributed by atoms with Crippen LogP contribution in [0.25, 0.3) is 11.1 Å². The van der Waals surface area contributed by atoms with E-state index in [9.17, 15) is 4.79 Å². The number of carbonyl (C=O) groups is 1. The van der Waals surface area contributed by atoms with Crippen LogP contribution < -0.4 is 5.32 Å². The number of carbonyl (C=O) groups excluding carboxylic acids is 1. The number of hydrogen-bond acceptors (Lipinski definition) is 3. The van der Waals surface area contributed by atoms with Gasteiger partial charge in [-0.15, -0.1) is 0 Å². The van der Waals surface area contributed by atoms with Crippen LogP contribution in [-0.4, -0.2) is 10.9 Å². The van der Waals surface area contributed by atoms with E-state index in [1.165, 1.54) is 19.3 Å². The summed E-state index contributed by atoms with van der Waals surface area (Å²) in [5.74, 6) is 3.58. The molecular formula is C21H26N2O2. The summed E-state index contributed by atoms with van der Waals surface area (Å²) in [5.41, 5.74) is 2.33. The Morgan fingerprint density at radius 2 is 1.80 bits per heavy atom. The second kappa shape index (κ2) is 5.33. The predicted molar refractivity (Wildman–Crippen MR) is 97.3 cm³/mol. The summed E-state index contributed by atoms with van der Waals surface area (Å²) in [6.07, 6.45) is 7.34. The molecule has 4 heteroatoms. The molecule has 0 radical (unpaired) electrons. The summed E-state index contributed by atoms with van der Waals surface area (Å²) >= 11 is 0. The molecule has 4 saturated carbocycles. The van der Waals surface area contributed by atoms with Gasteiger partial charge in [-0.2, -0.15) is 0 Å². The van der Waals surface area contributed by atoms with Crippen LogP contribution in [0.5, 0.6) is 0 Å². The fraction of sp³-hybridized carbons (Fsp3) is 0.619. The molecule has 1 aromatic heterocycles. The normalized spacial score (nSPS) is 33.3. The van der Waals surface area contributed by atoms with Gasteiger partial charge in [0.15, 0.2) is 11.5 Å². The lowest BCUT2D eigenvalue weighted by molar-refractivity contribution is -0.140. The average molecular weight is 338 g/mol. The van der Waals surface area contributed by atoms with Crippen molar-refractivity contribution in [2.75, 3.05) is 5.32 Å².